The average molecular weight is 617 g/mol. The van der Waals surface area contributed by atoms with Gasteiger partial charge in [-0.15, -0.1) is 0 Å². The zero-order valence-corrected chi connectivity index (χ0v) is 27.0. The lowest BCUT2D eigenvalue weighted by Crippen LogP contribution is -2.43. The van der Waals surface area contributed by atoms with Gasteiger partial charge in [0, 0.05) is 32.2 Å². The van der Waals surface area contributed by atoms with Crippen LogP contribution in [-0.2, 0) is 18.4 Å². The summed E-state index contributed by atoms with van der Waals surface area (Å²) in [5.74, 6) is 1.17. The zero-order chi connectivity index (χ0) is 31.2. The lowest BCUT2D eigenvalue weighted by atomic mass is 9.91. The lowest BCUT2D eigenvalue weighted by molar-refractivity contribution is -0.113. The SMILES string of the molecule is CCCn1c(N2CC(C)CC(C)C2)c(/C=C2/SC(=S)N(c3c(C)n(C)n(-c4ccccc4)c3=O)C2=O)c(C)c(C#N)c1=O. The summed E-state index contributed by atoms with van der Waals surface area (Å²) < 4.78 is 5.19. The van der Waals surface area contributed by atoms with E-state index in [2.05, 4.69) is 24.8 Å². The minimum Gasteiger partial charge on any atom is -0.357 e. The second-order valence-electron chi connectivity index (χ2n) is 11.6. The molecule has 11 heteroatoms. The third kappa shape index (κ3) is 5.27. The van der Waals surface area contributed by atoms with Gasteiger partial charge in [-0.2, -0.15) is 5.26 Å². The van der Waals surface area contributed by atoms with Gasteiger partial charge in [0.05, 0.1) is 16.3 Å². The predicted octanol–water partition coefficient (Wildman–Crippen LogP) is 5.12. The van der Waals surface area contributed by atoms with Crippen molar-refractivity contribution in [2.24, 2.45) is 18.9 Å². The Morgan fingerprint density at radius 3 is 2.33 bits per heavy atom. The van der Waals surface area contributed by atoms with Crippen LogP contribution in [0.15, 0.2) is 44.8 Å². The number of hydrogen-bond acceptors (Lipinski definition) is 7. The Hall–Kier alpha value is -3.88. The standard InChI is InChI=1S/C32H36N6O3S2/c1-7-13-36-28(35-17-19(2)14-20(3)18-35)24(21(4)25(16-33)29(36)39)15-26-30(40)37(32(42)43-26)27-22(5)34(6)38(31(27)41)23-11-9-8-10-12-23/h8-12,15,19-20H,7,13-14,17-18H2,1-6H3/b26-15+. The highest BCUT2D eigenvalue weighted by Crippen LogP contribution is 2.39. The number of nitriles is 1. The highest BCUT2D eigenvalue weighted by molar-refractivity contribution is 8.27. The van der Waals surface area contributed by atoms with E-state index in [1.165, 1.54) is 9.58 Å². The number of carbonyl (C=O) groups is 1. The van der Waals surface area contributed by atoms with Gasteiger partial charge in [0.25, 0.3) is 17.0 Å². The van der Waals surface area contributed by atoms with Gasteiger partial charge in [-0.3, -0.25) is 28.5 Å². The quantitative estimate of drug-likeness (QED) is 0.280. The Bertz CT molecular complexity index is 1800. The molecule has 0 N–H and O–H groups in total. The molecule has 0 bridgehead atoms. The molecule has 43 heavy (non-hydrogen) atoms. The molecule has 2 fully saturated rings. The molecule has 0 spiro atoms. The summed E-state index contributed by atoms with van der Waals surface area (Å²) in [6.45, 7) is 12.0. The van der Waals surface area contributed by atoms with Gasteiger partial charge in [0.2, 0.25) is 0 Å². The maximum Gasteiger partial charge on any atom is 0.296 e. The average Bonchev–Trinajstić information content (AvgIpc) is 3.35. The summed E-state index contributed by atoms with van der Waals surface area (Å²) in [6.07, 6.45) is 3.56. The minimum atomic E-state index is -0.404. The van der Waals surface area contributed by atoms with Crippen molar-refractivity contribution in [1.82, 2.24) is 13.9 Å². The predicted molar refractivity (Wildman–Crippen MR) is 177 cm³/mol. The van der Waals surface area contributed by atoms with Crippen LogP contribution in [-0.4, -0.2) is 37.2 Å². The molecule has 5 rings (SSSR count). The van der Waals surface area contributed by atoms with Crippen molar-refractivity contribution in [3.8, 4) is 11.8 Å². The number of aromatic nitrogens is 3. The molecule has 1 aromatic carbocycles. The fourth-order valence-electron chi connectivity index (χ4n) is 6.36. The Morgan fingerprint density at radius 2 is 1.72 bits per heavy atom. The van der Waals surface area contributed by atoms with Crippen molar-refractivity contribution < 1.29 is 4.79 Å². The summed E-state index contributed by atoms with van der Waals surface area (Å²) >= 11 is 6.82. The molecule has 4 heterocycles. The molecule has 2 aliphatic rings. The monoisotopic (exact) mass is 616 g/mol. The molecule has 224 valence electrons. The molecule has 0 radical (unpaired) electrons. The largest absolute Gasteiger partial charge is 0.357 e. The number of thiocarbonyl (C=S) groups is 1. The molecule has 2 saturated heterocycles. The number of thioether (sulfide) groups is 1. The van der Waals surface area contributed by atoms with Crippen molar-refractivity contribution >= 4 is 51.8 Å². The van der Waals surface area contributed by atoms with Crippen LogP contribution in [0.3, 0.4) is 0 Å². The van der Waals surface area contributed by atoms with E-state index in [1.807, 2.05) is 37.3 Å². The fraction of sp³-hybridized carbons (Fsp3) is 0.406. The number of hydrogen-bond donors (Lipinski definition) is 0. The van der Waals surface area contributed by atoms with E-state index < -0.39 is 5.91 Å². The first-order valence-corrected chi connectivity index (χ1v) is 15.8. The van der Waals surface area contributed by atoms with Crippen molar-refractivity contribution in [2.75, 3.05) is 22.9 Å². The topological polar surface area (TPSA) is 96.3 Å². The molecule has 2 aromatic heterocycles. The molecule has 9 nitrogen and oxygen atoms in total. The number of pyridine rings is 1. The molecule has 1 amide bonds. The number of benzene rings is 1. The van der Waals surface area contributed by atoms with Crippen LogP contribution in [0.4, 0.5) is 11.5 Å². The normalized spacial score (nSPS) is 19.9. The van der Waals surface area contributed by atoms with Crippen molar-refractivity contribution in [1.29, 1.82) is 5.26 Å². The molecule has 2 aliphatic heterocycles. The van der Waals surface area contributed by atoms with E-state index >= 15 is 0 Å². The van der Waals surface area contributed by atoms with E-state index in [0.717, 1.165) is 37.1 Å². The summed E-state index contributed by atoms with van der Waals surface area (Å²) in [7, 11) is 1.78. The molecule has 0 saturated carbocycles. The van der Waals surface area contributed by atoms with Gasteiger partial charge in [-0.1, -0.05) is 63.0 Å². The molecule has 0 aliphatic carbocycles. The van der Waals surface area contributed by atoms with Crippen molar-refractivity contribution in [3.63, 3.8) is 0 Å². The van der Waals surface area contributed by atoms with E-state index in [9.17, 15) is 19.6 Å². The maximum absolute atomic E-state index is 14.1. The summed E-state index contributed by atoms with van der Waals surface area (Å²) in [6, 6.07) is 11.4. The van der Waals surface area contributed by atoms with Gasteiger partial charge in [0.15, 0.2) is 4.32 Å². The third-order valence-electron chi connectivity index (χ3n) is 8.28. The number of amides is 1. The molecular formula is C32H36N6O3S2. The first-order chi connectivity index (χ1) is 20.5. The Balaban J connectivity index is 1.68. The van der Waals surface area contributed by atoms with Gasteiger partial charge >= 0.3 is 0 Å². The first kappa shape index (κ1) is 30.6. The van der Waals surface area contributed by atoms with E-state index in [1.54, 1.807) is 36.2 Å². The summed E-state index contributed by atoms with van der Waals surface area (Å²) in [5, 5.41) is 9.99. The van der Waals surface area contributed by atoms with Crippen LogP contribution < -0.4 is 20.9 Å². The number of piperidine rings is 1. The van der Waals surface area contributed by atoms with Crippen molar-refractivity contribution in [3.05, 3.63) is 78.3 Å². The van der Waals surface area contributed by atoms with Crippen LogP contribution in [0.2, 0.25) is 0 Å². The lowest BCUT2D eigenvalue weighted by Gasteiger charge is -2.39. The number of anilines is 2. The fourth-order valence-corrected chi connectivity index (χ4v) is 7.61. The van der Waals surface area contributed by atoms with E-state index in [0.29, 0.717) is 52.2 Å². The third-order valence-corrected chi connectivity index (χ3v) is 9.58. The Morgan fingerprint density at radius 1 is 1.07 bits per heavy atom. The minimum absolute atomic E-state index is 0.0710. The zero-order valence-electron chi connectivity index (χ0n) is 25.4. The first-order valence-electron chi connectivity index (χ1n) is 14.5. The van der Waals surface area contributed by atoms with E-state index in [-0.39, 0.29) is 26.7 Å². The second-order valence-corrected chi connectivity index (χ2v) is 13.3. The van der Waals surface area contributed by atoms with Gasteiger partial charge < -0.3 is 4.90 Å². The molecular weight excluding hydrogens is 581 g/mol. The highest BCUT2D eigenvalue weighted by atomic mass is 32.2. The maximum atomic E-state index is 14.1. The van der Waals surface area contributed by atoms with E-state index in [4.69, 9.17) is 12.2 Å². The van der Waals surface area contributed by atoms with Gasteiger partial charge in [-0.05, 0) is 62.3 Å². The summed E-state index contributed by atoms with van der Waals surface area (Å²) in [5.41, 5.74) is 2.10. The Labute approximate surface area is 261 Å². The smallest absolute Gasteiger partial charge is 0.296 e. The molecule has 2 atom stereocenters. The highest BCUT2D eigenvalue weighted by Gasteiger charge is 2.38. The van der Waals surface area contributed by atoms with Crippen LogP contribution in [0.25, 0.3) is 11.8 Å². The number of nitrogens with zero attached hydrogens (tertiary/aromatic N) is 6. The van der Waals surface area contributed by atoms with Crippen molar-refractivity contribution in [2.45, 2.75) is 54.0 Å². The number of para-hydroxylation sites is 1. The second kappa shape index (κ2) is 12.0. The number of rotatable bonds is 6. The van der Waals surface area contributed by atoms with Gasteiger partial charge in [0.1, 0.15) is 23.1 Å². The number of carbonyl (C=O) groups excluding carboxylic acids is 1. The van der Waals surface area contributed by atoms with Crippen LogP contribution >= 0.6 is 24.0 Å². The molecule has 3 aromatic rings. The Kier molecular flexibility index (Phi) is 8.54. The summed E-state index contributed by atoms with van der Waals surface area (Å²) in [4.78, 5) is 45.3. The molecule has 2 unspecified atom stereocenters. The van der Waals surface area contributed by atoms with Crippen LogP contribution in [0, 0.1) is 37.0 Å². The van der Waals surface area contributed by atoms with Crippen LogP contribution in [0.1, 0.15) is 56.0 Å². The van der Waals surface area contributed by atoms with Crippen LogP contribution in [0.5, 0.6) is 0 Å². The van der Waals surface area contributed by atoms with Gasteiger partial charge in [-0.25, -0.2) is 4.68 Å².